The molecule has 22 heavy (non-hydrogen) atoms. The van der Waals surface area contributed by atoms with Crippen LogP contribution in [0.1, 0.15) is 43.7 Å². The minimum atomic E-state index is -0.267. The van der Waals surface area contributed by atoms with E-state index in [9.17, 15) is 4.79 Å². The Balaban J connectivity index is 2.03. The molecule has 1 aromatic heterocycles. The smallest absolute Gasteiger partial charge is 0.270 e. The molecule has 2 aromatic rings. The van der Waals surface area contributed by atoms with Gasteiger partial charge in [0.1, 0.15) is 5.69 Å². The van der Waals surface area contributed by atoms with Crippen LogP contribution < -0.4 is 10.6 Å². The number of carbonyl (C=O) groups is 1. The standard InChI is InChI=1S/C18H23N3O/c1-5-13-6-8-14(9-7-13)20-15-10-11-16(19-12-15)17(22)21-18(2,3)4/h6-12,20H,5H2,1-4H3,(H,21,22). The van der Waals surface area contributed by atoms with Crippen LogP contribution in [-0.2, 0) is 6.42 Å². The molecule has 0 atom stereocenters. The average molecular weight is 297 g/mol. The van der Waals surface area contributed by atoms with Gasteiger partial charge in [-0.3, -0.25) is 4.79 Å². The van der Waals surface area contributed by atoms with E-state index in [0.717, 1.165) is 17.8 Å². The fourth-order valence-corrected chi connectivity index (χ4v) is 2.00. The molecule has 2 N–H and O–H groups in total. The molecule has 0 saturated carbocycles. The van der Waals surface area contributed by atoms with E-state index in [1.165, 1.54) is 5.56 Å². The number of benzene rings is 1. The Bertz CT molecular complexity index is 625. The molecule has 0 aliphatic heterocycles. The number of nitrogens with zero attached hydrogens (tertiary/aromatic N) is 1. The molecule has 0 saturated heterocycles. The summed E-state index contributed by atoms with van der Waals surface area (Å²) in [6.07, 6.45) is 2.70. The van der Waals surface area contributed by atoms with Crippen molar-refractivity contribution in [3.8, 4) is 0 Å². The van der Waals surface area contributed by atoms with Crippen molar-refractivity contribution in [3.05, 3.63) is 53.9 Å². The second kappa shape index (κ2) is 6.60. The fourth-order valence-electron chi connectivity index (χ4n) is 2.00. The van der Waals surface area contributed by atoms with Gasteiger partial charge < -0.3 is 10.6 Å². The highest BCUT2D eigenvalue weighted by Crippen LogP contribution is 2.17. The third-order valence-corrected chi connectivity index (χ3v) is 3.14. The number of rotatable bonds is 4. The van der Waals surface area contributed by atoms with Gasteiger partial charge in [-0.25, -0.2) is 4.98 Å². The molecule has 1 heterocycles. The summed E-state index contributed by atoms with van der Waals surface area (Å²) in [6, 6.07) is 11.9. The second-order valence-electron chi connectivity index (χ2n) is 6.31. The number of aryl methyl sites for hydroxylation is 1. The zero-order chi connectivity index (χ0) is 16.2. The van der Waals surface area contributed by atoms with Gasteiger partial charge in [0.2, 0.25) is 0 Å². The number of hydrogen-bond acceptors (Lipinski definition) is 3. The number of pyridine rings is 1. The predicted octanol–water partition coefficient (Wildman–Crippen LogP) is 3.92. The summed E-state index contributed by atoms with van der Waals surface area (Å²) < 4.78 is 0. The summed E-state index contributed by atoms with van der Waals surface area (Å²) in [5.74, 6) is -0.161. The second-order valence-corrected chi connectivity index (χ2v) is 6.31. The van der Waals surface area contributed by atoms with E-state index in [0.29, 0.717) is 5.69 Å². The first-order valence-electron chi connectivity index (χ1n) is 7.52. The molecular formula is C18H23N3O. The fraction of sp³-hybridized carbons (Fsp3) is 0.333. The molecule has 0 aliphatic rings. The Morgan fingerprint density at radius 2 is 1.68 bits per heavy atom. The zero-order valence-electron chi connectivity index (χ0n) is 13.6. The first-order chi connectivity index (χ1) is 10.4. The maximum absolute atomic E-state index is 12.0. The van der Waals surface area contributed by atoms with Crippen LogP contribution in [0.4, 0.5) is 11.4 Å². The summed E-state index contributed by atoms with van der Waals surface area (Å²) in [5, 5.41) is 6.17. The van der Waals surface area contributed by atoms with Crippen molar-refractivity contribution in [1.29, 1.82) is 0 Å². The number of anilines is 2. The minimum absolute atomic E-state index is 0.161. The van der Waals surface area contributed by atoms with Gasteiger partial charge in [0.25, 0.3) is 5.91 Å². The van der Waals surface area contributed by atoms with Crippen molar-refractivity contribution in [2.45, 2.75) is 39.7 Å². The van der Waals surface area contributed by atoms with Crippen molar-refractivity contribution < 1.29 is 4.79 Å². The van der Waals surface area contributed by atoms with Crippen molar-refractivity contribution >= 4 is 17.3 Å². The molecular weight excluding hydrogens is 274 g/mol. The van der Waals surface area contributed by atoms with Crippen LogP contribution in [0.25, 0.3) is 0 Å². The lowest BCUT2D eigenvalue weighted by molar-refractivity contribution is 0.0914. The molecule has 2 rings (SSSR count). The van der Waals surface area contributed by atoms with E-state index in [4.69, 9.17) is 0 Å². The van der Waals surface area contributed by atoms with Crippen LogP contribution in [0, 0.1) is 0 Å². The molecule has 116 valence electrons. The van der Waals surface area contributed by atoms with Gasteiger partial charge in [0.15, 0.2) is 0 Å². The van der Waals surface area contributed by atoms with Crippen molar-refractivity contribution in [3.63, 3.8) is 0 Å². The molecule has 1 aromatic carbocycles. The number of carbonyl (C=O) groups excluding carboxylic acids is 1. The average Bonchev–Trinajstić information content (AvgIpc) is 2.47. The van der Waals surface area contributed by atoms with Gasteiger partial charge in [-0.05, 0) is 57.0 Å². The zero-order valence-corrected chi connectivity index (χ0v) is 13.6. The highest BCUT2D eigenvalue weighted by Gasteiger charge is 2.15. The van der Waals surface area contributed by atoms with Gasteiger partial charge >= 0.3 is 0 Å². The number of nitrogens with one attached hydrogen (secondary N) is 2. The van der Waals surface area contributed by atoms with Crippen LogP contribution >= 0.6 is 0 Å². The lowest BCUT2D eigenvalue weighted by Crippen LogP contribution is -2.40. The Labute approximate surface area is 132 Å². The highest BCUT2D eigenvalue weighted by molar-refractivity contribution is 5.92. The summed E-state index contributed by atoms with van der Waals surface area (Å²) >= 11 is 0. The molecule has 0 spiro atoms. The number of aromatic nitrogens is 1. The predicted molar refractivity (Wildman–Crippen MR) is 90.6 cm³/mol. The van der Waals surface area contributed by atoms with Crippen molar-refractivity contribution in [1.82, 2.24) is 10.3 Å². The Kier molecular flexibility index (Phi) is 4.81. The number of amides is 1. The lowest BCUT2D eigenvalue weighted by Gasteiger charge is -2.20. The molecule has 0 unspecified atom stereocenters. The van der Waals surface area contributed by atoms with Gasteiger partial charge in [-0.15, -0.1) is 0 Å². The highest BCUT2D eigenvalue weighted by atomic mass is 16.2. The van der Waals surface area contributed by atoms with Gasteiger partial charge in [0.05, 0.1) is 11.9 Å². The first-order valence-corrected chi connectivity index (χ1v) is 7.52. The summed E-state index contributed by atoms with van der Waals surface area (Å²) in [7, 11) is 0. The maximum atomic E-state index is 12.0. The molecule has 4 nitrogen and oxygen atoms in total. The Morgan fingerprint density at radius 3 is 2.18 bits per heavy atom. The molecule has 0 aliphatic carbocycles. The van der Waals surface area contributed by atoms with E-state index < -0.39 is 0 Å². The van der Waals surface area contributed by atoms with E-state index in [1.54, 1.807) is 12.3 Å². The van der Waals surface area contributed by atoms with Crippen LogP contribution in [0.2, 0.25) is 0 Å². The topological polar surface area (TPSA) is 54.0 Å². The largest absolute Gasteiger partial charge is 0.354 e. The Morgan fingerprint density at radius 1 is 1.05 bits per heavy atom. The lowest BCUT2D eigenvalue weighted by atomic mass is 10.1. The SMILES string of the molecule is CCc1ccc(Nc2ccc(C(=O)NC(C)(C)C)nc2)cc1. The normalized spacial score (nSPS) is 11.1. The van der Waals surface area contributed by atoms with Gasteiger partial charge in [-0.2, -0.15) is 0 Å². The monoisotopic (exact) mass is 297 g/mol. The van der Waals surface area contributed by atoms with Crippen molar-refractivity contribution in [2.75, 3.05) is 5.32 Å². The maximum Gasteiger partial charge on any atom is 0.270 e. The van der Waals surface area contributed by atoms with E-state index in [-0.39, 0.29) is 11.4 Å². The molecule has 0 bridgehead atoms. The van der Waals surface area contributed by atoms with E-state index in [1.807, 2.05) is 39.0 Å². The molecule has 0 fully saturated rings. The molecule has 0 radical (unpaired) electrons. The van der Waals surface area contributed by atoms with Gasteiger partial charge in [-0.1, -0.05) is 19.1 Å². The van der Waals surface area contributed by atoms with Crippen LogP contribution in [0.15, 0.2) is 42.6 Å². The van der Waals surface area contributed by atoms with Crippen LogP contribution in [-0.4, -0.2) is 16.4 Å². The number of hydrogen-bond donors (Lipinski definition) is 2. The summed E-state index contributed by atoms with van der Waals surface area (Å²) in [4.78, 5) is 16.2. The quantitative estimate of drug-likeness (QED) is 0.899. The van der Waals surface area contributed by atoms with Gasteiger partial charge in [0, 0.05) is 11.2 Å². The first kappa shape index (κ1) is 16.0. The molecule has 1 amide bonds. The minimum Gasteiger partial charge on any atom is -0.354 e. The Hall–Kier alpha value is -2.36. The van der Waals surface area contributed by atoms with E-state index >= 15 is 0 Å². The van der Waals surface area contributed by atoms with Crippen LogP contribution in [0.5, 0.6) is 0 Å². The van der Waals surface area contributed by atoms with Crippen molar-refractivity contribution in [2.24, 2.45) is 0 Å². The van der Waals surface area contributed by atoms with E-state index in [2.05, 4.69) is 34.7 Å². The summed E-state index contributed by atoms with van der Waals surface area (Å²) in [6.45, 7) is 7.97. The third-order valence-electron chi connectivity index (χ3n) is 3.14. The summed E-state index contributed by atoms with van der Waals surface area (Å²) in [5.41, 5.74) is 3.32. The molecule has 4 heteroatoms. The third kappa shape index (κ3) is 4.58. The van der Waals surface area contributed by atoms with Crippen LogP contribution in [0.3, 0.4) is 0 Å².